The van der Waals surface area contributed by atoms with Crippen LogP contribution < -0.4 is 16.0 Å². The van der Waals surface area contributed by atoms with Crippen LogP contribution in [0.15, 0.2) is 29.3 Å². The average Bonchev–Trinajstić information content (AvgIpc) is 3.21. The fourth-order valence-electron chi connectivity index (χ4n) is 2.21. The third-order valence-electron chi connectivity index (χ3n) is 3.75. The minimum atomic E-state index is -0.0322. The molecule has 2 unspecified atom stereocenters. The minimum Gasteiger partial charge on any atom is -0.357 e. The molecule has 0 heterocycles. The van der Waals surface area contributed by atoms with Gasteiger partial charge in [0.25, 0.3) is 5.91 Å². The Morgan fingerprint density at radius 2 is 1.78 bits per heavy atom. The Morgan fingerprint density at radius 3 is 2.30 bits per heavy atom. The van der Waals surface area contributed by atoms with Crippen molar-refractivity contribution in [3.8, 4) is 0 Å². The molecule has 1 saturated carbocycles. The molecule has 3 N–H and O–H groups in total. The molecule has 1 aromatic carbocycles. The zero-order chi connectivity index (χ0) is 15.9. The number of benzene rings is 1. The summed E-state index contributed by atoms with van der Waals surface area (Å²) in [5.41, 5.74) is 1.78. The Labute approximate surface area is 155 Å². The fourth-order valence-corrected chi connectivity index (χ4v) is 2.21. The normalized spacial score (nSPS) is 19.5. The quantitative estimate of drug-likeness (QED) is 0.369. The summed E-state index contributed by atoms with van der Waals surface area (Å²) in [5, 5.41) is 9.49. The third-order valence-corrected chi connectivity index (χ3v) is 3.75. The van der Waals surface area contributed by atoms with E-state index in [0.29, 0.717) is 24.7 Å². The van der Waals surface area contributed by atoms with Gasteiger partial charge in [0.05, 0.1) is 6.54 Å². The number of hydrogen-bond donors (Lipinski definition) is 3. The Bertz CT molecular complexity index is 530. The first kappa shape index (κ1) is 19.7. The van der Waals surface area contributed by atoms with Gasteiger partial charge in [-0.3, -0.25) is 4.79 Å². The molecule has 5 nitrogen and oxygen atoms in total. The van der Waals surface area contributed by atoms with Gasteiger partial charge in [-0.1, -0.05) is 19.1 Å². The number of guanidine groups is 1. The summed E-state index contributed by atoms with van der Waals surface area (Å²) in [4.78, 5) is 16.3. The van der Waals surface area contributed by atoms with E-state index >= 15 is 0 Å². The van der Waals surface area contributed by atoms with Crippen LogP contribution in [0.4, 0.5) is 0 Å². The van der Waals surface area contributed by atoms with Gasteiger partial charge in [0.15, 0.2) is 5.96 Å². The zero-order valence-electron chi connectivity index (χ0n) is 14.1. The molecule has 0 aliphatic heterocycles. The van der Waals surface area contributed by atoms with E-state index in [9.17, 15) is 4.79 Å². The lowest BCUT2D eigenvalue weighted by Crippen LogP contribution is -2.39. The summed E-state index contributed by atoms with van der Waals surface area (Å²) in [6.07, 6.45) is 1.21. The molecular weight excluding hydrogens is 403 g/mol. The predicted octanol–water partition coefficient (Wildman–Crippen LogP) is 2.52. The van der Waals surface area contributed by atoms with Crippen LogP contribution in [-0.4, -0.2) is 31.0 Å². The van der Waals surface area contributed by atoms with Crippen LogP contribution in [0.25, 0.3) is 0 Å². The van der Waals surface area contributed by atoms with Gasteiger partial charge in [0, 0.05) is 24.7 Å². The van der Waals surface area contributed by atoms with E-state index in [4.69, 9.17) is 0 Å². The maximum absolute atomic E-state index is 11.7. The van der Waals surface area contributed by atoms with Gasteiger partial charge >= 0.3 is 0 Å². The van der Waals surface area contributed by atoms with E-state index in [1.165, 1.54) is 6.42 Å². The molecule has 0 spiro atoms. The summed E-state index contributed by atoms with van der Waals surface area (Å²) < 4.78 is 0. The number of nitrogens with zero attached hydrogens (tertiary/aromatic N) is 1. The SMILES string of the molecule is CCNC(=O)c1ccc(CN=C(NCC)NC2CC2C)cc1.I. The number of amides is 1. The Balaban J connectivity index is 0.00000264. The first-order valence-corrected chi connectivity index (χ1v) is 8.06. The monoisotopic (exact) mass is 430 g/mol. The molecule has 0 bridgehead atoms. The van der Waals surface area contributed by atoms with E-state index < -0.39 is 0 Å². The van der Waals surface area contributed by atoms with Gasteiger partial charge in [-0.25, -0.2) is 4.99 Å². The zero-order valence-corrected chi connectivity index (χ0v) is 16.4. The van der Waals surface area contributed by atoms with Crippen molar-refractivity contribution in [3.05, 3.63) is 35.4 Å². The molecule has 0 radical (unpaired) electrons. The molecular formula is C17H27IN4O. The number of hydrogen-bond acceptors (Lipinski definition) is 2. The first-order chi connectivity index (χ1) is 10.6. The third kappa shape index (κ3) is 6.37. The van der Waals surface area contributed by atoms with Crippen LogP contribution in [0, 0.1) is 5.92 Å². The molecule has 1 fully saturated rings. The number of carbonyl (C=O) groups is 1. The molecule has 0 aromatic heterocycles. The minimum absolute atomic E-state index is 0. The number of carbonyl (C=O) groups excluding carboxylic acids is 1. The van der Waals surface area contributed by atoms with Gasteiger partial charge in [-0.2, -0.15) is 0 Å². The Kier molecular flexibility index (Phi) is 8.36. The van der Waals surface area contributed by atoms with Crippen LogP contribution in [0.3, 0.4) is 0 Å². The van der Waals surface area contributed by atoms with Gasteiger partial charge in [-0.15, -0.1) is 24.0 Å². The van der Waals surface area contributed by atoms with E-state index in [2.05, 4.69) is 34.8 Å². The van der Waals surface area contributed by atoms with Crippen molar-refractivity contribution in [2.24, 2.45) is 10.9 Å². The van der Waals surface area contributed by atoms with Crippen molar-refractivity contribution in [3.63, 3.8) is 0 Å². The fraction of sp³-hybridized carbons (Fsp3) is 0.529. The van der Waals surface area contributed by atoms with Crippen LogP contribution in [-0.2, 0) is 6.54 Å². The molecule has 1 aliphatic carbocycles. The average molecular weight is 430 g/mol. The number of nitrogens with one attached hydrogen (secondary N) is 3. The Hall–Kier alpha value is -1.31. The van der Waals surface area contributed by atoms with Crippen molar-refractivity contribution >= 4 is 35.8 Å². The van der Waals surface area contributed by atoms with Crippen LogP contribution in [0.1, 0.15) is 43.1 Å². The molecule has 1 aliphatic rings. The van der Waals surface area contributed by atoms with Crippen LogP contribution in [0.5, 0.6) is 0 Å². The molecule has 6 heteroatoms. The van der Waals surface area contributed by atoms with E-state index in [1.54, 1.807) is 0 Å². The lowest BCUT2D eigenvalue weighted by Gasteiger charge is -2.10. The topological polar surface area (TPSA) is 65.5 Å². The predicted molar refractivity (Wildman–Crippen MR) is 105 cm³/mol. The van der Waals surface area contributed by atoms with Crippen molar-refractivity contribution < 1.29 is 4.79 Å². The smallest absolute Gasteiger partial charge is 0.251 e. The summed E-state index contributed by atoms with van der Waals surface area (Å²) in [5.74, 6) is 1.57. The van der Waals surface area contributed by atoms with E-state index in [0.717, 1.165) is 24.0 Å². The van der Waals surface area contributed by atoms with Crippen LogP contribution in [0.2, 0.25) is 0 Å². The summed E-state index contributed by atoms with van der Waals surface area (Å²) in [6.45, 7) is 8.31. The maximum atomic E-state index is 11.7. The molecule has 23 heavy (non-hydrogen) atoms. The highest BCUT2D eigenvalue weighted by atomic mass is 127. The standard InChI is InChI=1S/C17H26N4O.HI/c1-4-18-16(22)14-8-6-13(7-9-14)11-20-17(19-5-2)21-15-10-12(15)3;/h6-9,12,15H,4-5,10-11H2,1-3H3,(H,18,22)(H2,19,20,21);1H. The van der Waals surface area contributed by atoms with Gasteiger partial charge in [0.1, 0.15) is 0 Å². The summed E-state index contributed by atoms with van der Waals surface area (Å²) in [7, 11) is 0. The lowest BCUT2D eigenvalue weighted by molar-refractivity contribution is 0.0956. The second-order valence-corrected chi connectivity index (χ2v) is 5.72. The molecule has 0 saturated heterocycles. The van der Waals surface area contributed by atoms with Gasteiger partial charge in [-0.05, 0) is 43.9 Å². The number of aliphatic imine (C=N–C) groups is 1. The highest BCUT2D eigenvalue weighted by Gasteiger charge is 2.33. The van der Waals surface area contributed by atoms with Gasteiger partial charge < -0.3 is 16.0 Å². The largest absolute Gasteiger partial charge is 0.357 e. The molecule has 2 atom stereocenters. The maximum Gasteiger partial charge on any atom is 0.251 e. The summed E-state index contributed by atoms with van der Waals surface area (Å²) in [6, 6.07) is 8.16. The van der Waals surface area contributed by atoms with Crippen molar-refractivity contribution in [2.75, 3.05) is 13.1 Å². The summed E-state index contributed by atoms with van der Waals surface area (Å²) >= 11 is 0. The number of rotatable bonds is 6. The van der Waals surface area contributed by atoms with Gasteiger partial charge in [0.2, 0.25) is 0 Å². The van der Waals surface area contributed by atoms with Crippen LogP contribution >= 0.6 is 24.0 Å². The molecule has 128 valence electrons. The molecule has 1 amide bonds. The number of halogens is 1. The highest BCUT2D eigenvalue weighted by molar-refractivity contribution is 14.0. The second-order valence-electron chi connectivity index (χ2n) is 5.72. The Morgan fingerprint density at radius 1 is 1.17 bits per heavy atom. The van der Waals surface area contributed by atoms with Crippen molar-refractivity contribution in [1.29, 1.82) is 0 Å². The van der Waals surface area contributed by atoms with Crippen molar-refractivity contribution in [2.45, 2.75) is 39.8 Å². The van der Waals surface area contributed by atoms with E-state index in [-0.39, 0.29) is 29.9 Å². The highest BCUT2D eigenvalue weighted by Crippen LogP contribution is 2.28. The second kappa shape index (κ2) is 9.75. The first-order valence-electron chi connectivity index (χ1n) is 8.06. The van der Waals surface area contributed by atoms with Crippen molar-refractivity contribution in [1.82, 2.24) is 16.0 Å². The lowest BCUT2D eigenvalue weighted by atomic mass is 10.1. The van der Waals surface area contributed by atoms with E-state index in [1.807, 2.05) is 31.2 Å². The molecule has 1 aromatic rings. The molecule has 2 rings (SSSR count).